The summed E-state index contributed by atoms with van der Waals surface area (Å²) in [5.41, 5.74) is 0.384. The fourth-order valence-corrected chi connectivity index (χ4v) is 4.33. The van der Waals surface area contributed by atoms with Crippen LogP contribution in [0.1, 0.15) is 76.0 Å². The molecular weight excluding hydrogens is 524 g/mol. The van der Waals surface area contributed by atoms with E-state index in [1.54, 1.807) is 25.7 Å². The molecule has 2 aromatic rings. The fourth-order valence-electron chi connectivity index (χ4n) is 4.33. The van der Waals surface area contributed by atoms with Gasteiger partial charge in [-0.05, 0) is 84.2 Å². The molecule has 0 saturated carbocycles. The van der Waals surface area contributed by atoms with Crippen LogP contribution in [0.2, 0.25) is 0 Å². The Morgan fingerprint density at radius 3 is 2.22 bits per heavy atom. The van der Waals surface area contributed by atoms with E-state index in [2.05, 4.69) is 10.3 Å². The minimum absolute atomic E-state index is 0.116. The first-order valence-corrected chi connectivity index (χ1v) is 13.8. The monoisotopic (exact) mass is 564 g/mol. The van der Waals surface area contributed by atoms with E-state index >= 15 is 0 Å². The van der Waals surface area contributed by atoms with E-state index in [0.717, 1.165) is 5.56 Å². The Hall–Kier alpha value is -3.97. The van der Waals surface area contributed by atoms with Crippen LogP contribution in [0.3, 0.4) is 0 Å². The van der Waals surface area contributed by atoms with Gasteiger partial charge in [0.25, 0.3) is 5.91 Å². The number of nitrogens with zero attached hydrogens (tertiary/aromatic N) is 3. The second-order valence-electron chi connectivity index (χ2n) is 12.1. The van der Waals surface area contributed by atoms with E-state index in [4.69, 9.17) is 19.5 Å². The van der Waals surface area contributed by atoms with Gasteiger partial charge in [-0.15, -0.1) is 0 Å². The van der Waals surface area contributed by atoms with Crippen molar-refractivity contribution >= 4 is 17.8 Å². The zero-order chi connectivity index (χ0) is 30.2. The van der Waals surface area contributed by atoms with Gasteiger partial charge in [0.2, 0.25) is 5.91 Å². The maximum Gasteiger partial charge on any atom is 0.332 e. The normalized spacial score (nSPS) is 15.0. The minimum atomic E-state index is -0.839. The average Bonchev–Trinajstić information content (AvgIpc) is 2.90. The molecule has 10 heteroatoms. The van der Waals surface area contributed by atoms with Gasteiger partial charge in [-0.1, -0.05) is 12.1 Å². The molecule has 2 heterocycles. The molecule has 1 atom stereocenters. The number of esters is 1. The summed E-state index contributed by atoms with van der Waals surface area (Å²) in [6.07, 6.45) is 2.54. The summed E-state index contributed by atoms with van der Waals surface area (Å²) in [5, 5.41) is 11.9. The molecule has 1 fully saturated rings. The molecule has 1 aromatic carbocycles. The van der Waals surface area contributed by atoms with Gasteiger partial charge in [-0.25, -0.2) is 9.78 Å². The molecule has 0 unspecified atom stereocenters. The van der Waals surface area contributed by atoms with E-state index in [1.807, 2.05) is 51.1 Å². The van der Waals surface area contributed by atoms with Gasteiger partial charge >= 0.3 is 5.97 Å². The predicted octanol–water partition coefficient (Wildman–Crippen LogP) is 3.82. The predicted molar refractivity (Wildman–Crippen MR) is 152 cm³/mol. The number of benzene rings is 1. The highest BCUT2D eigenvalue weighted by Crippen LogP contribution is 2.21. The molecule has 1 aliphatic rings. The van der Waals surface area contributed by atoms with Gasteiger partial charge in [0.15, 0.2) is 0 Å². The Kier molecular flexibility index (Phi) is 10.5. The number of piperidine rings is 1. The highest BCUT2D eigenvalue weighted by atomic mass is 16.6. The standard InChI is InChI=1S/C31H40N4O6/c1-30(2,3)40-24-10-7-21(8-11-24)17-26(34-28(37)25-12-9-22(18-32)19-33-25)29(38)35-15-13-23(14-16-35)39-20-27(36)41-31(4,5)6/h7-12,19,23,26H,13-17,20H2,1-6H3,(H,34,37)/t26-/m0/s1. The molecule has 41 heavy (non-hydrogen) atoms. The molecular formula is C31H40N4O6. The number of carbonyl (C=O) groups is 3. The van der Waals surface area contributed by atoms with Gasteiger partial charge in [0.1, 0.15) is 41.4 Å². The second kappa shape index (κ2) is 13.6. The van der Waals surface area contributed by atoms with Crippen LogP contribution in [-0.2, 0) is 25.5 Å². The van der Waals surface area contributed by atoms with E-state index in [1.165, 1.54) is 18.3 Å². The van der Waals surface area contributed by atoms with Crippen LogP contribution >= 0.6 is 0 Å². The third kappa shape index (κ3) is 10.5. The smallest absolute Gasteiger partial charge is 0.332 e. The van der Waals surface area contributed by atoms with E-state index < -0.39 is 23.5 Å². The topological polar surface area (TPSA) is 131 Å². The number of pyridine rings is 1. The molecule has 1 aromatic heterocycles. The molecule has 1 aliphatic heterocycles. The van der Waals surface area contributed by atoms with Crippen molar-refractivity contribution in [2.75, 3.05) is 19.7 Å². The van der Waals surface area contributed by atoms with Gasteiger partial charge in [0, 0.05) is 25.7 Å². The number of hydrogen-bond donors (Lipinski definition) is 1. The summed E-state index contributed by atoms with van der Waals surface area (Å²) in [7, 11) is 0. The number of amides is 2. The van der Waals surface area contributed by atoms with Crippen molar-refractivity contribution in [3.8, 4) is 11.8 Å². The summed E-state index contributed by atoms with van der Waals surface area (Å²) in [6.45, 7) is 12.0. The lowest BCUT2D eigenvalue weighted by atomic mass is 10.0. The third-order valence-corrected chi connectivity index (χ3v) is 6.13. The molecule has 0 bridgehead atoms. The summed E-state index contributed by atoms with van der Waals surface area (Å²) in [4.78, 5) is 44.5. The van der Waals surface area contributed by atoms with Gasteiger partial charge < -0.3 is 24.4 Å². The SMILES string of the molecule is CC(C)(C)OC(=O)COC1CCN(C(=O)[C@H](Cc2ccc(OC(C)(C)C)cc2)NC(=O)c2ccc(C#N)cn2)CC1. The molecule has 1 N–H and O–H groups in total. The number of carbonyl (C=O) groups excluding carboxylic acids is 3. The van der Waals surface area contributed by atoms with Gasteiger partial charge in [0.05, 0.1) is 11.7 Å². The largest absolute Gasteiger partial charge is 0.488 e. The van der Waals surface area contributed by atoms with Gasteiger partial charge in [-0.3, -0.25) is 9.59 Å². The minimum Gasteiger partial charge on any atom is -0.488 e. The second-order valence-corrected chi connectivity index (χ2v) is 12.1. The summed E-state index contributed by atoms with van der Waals surface area (Å²) in [6, 6.07) is 11.6. The lowest BCUT2D eigenvalue weighted by molar-refractivity contribution is -0.163. The fraction of sp³-hybridized carbons (Fsp3) is 0.516. The Balaban J connectivity index is 1.67. The highest BCUT2D eigenvalue weighted by molar-refractivity contribution is 5.96. The van der Waals surface area contributed by atoms with E-state index in [-0.39, 0.29) is 36.3 Å². The molecule has 0 spiro atoms. The first-order valence-electron chi connectivity index (χ1n) is 13.8. The zero-order valence-corrected chi connectivity index (χ0v) is 24.7. The average molecular weight is 565 g/mol. The molecule has 2 amide bonds. The number of likely N-dealkylation sites (tertiary alicyclic amines) is 1. The van der Waals surface area contributed by atoms with Crippen molar-refractivity contribution in [3.05, 3.63) is 59.4 Å². The van der Waals surface area contributed by atoms with Crippen LogP contribution in [0.4, 0.5) is 0 Å². The summed E-state index contributed by atoms with van der Waals surface area (Å²) >= 11 is 0. The summed E-state index contributed by atoms with van der Waals surface area (Å²) < 4.78 is 16.9. The Morgan fingerprint density at radius 1 is 1.02 bits per heavy atom. The van der Waals surface area contributed by atoms with Crippen molar-refractivity contribution in [1.29, 1.82) is 5.26 Å². The number of nitriles is 1. The lowest BCUT2D eigenvalue weighted by Gasteiger charge is -2.34. The first-order chi connectivity index (χ1) is 19.2. The Morgan fingerprint density at radius 2 is 1.68 bits per heavy atom. The molecule has 220 valence electrons. The van der Waals surface area contributed by atoms with Gasteiger partial charge in [-0.2, -0.15) is 5.26 Å². The lowest BCUT2D eigenvalue weighted by Crippen LogP contribution is -2.52. The number of nitrogens with one attached hydrogen (secondary N) is 1. The number of rotatable bonds is 9. The Bertz CT molecular complexity index is 1230. The van der Waals surface area contributed by atoms with E-state index in [9.17, 15) is 14.4 Å². The van der Waals surface area contributed by atoms with Crippen molar-refractivity contribution in [2.45, 2.75) is 84.2 Å². The number of hydrogen-bond acceptors (Lipinski definition) is 8. The summed E-state index contributed by atoms with van der Waals surface area (Å²) in [5.74, 6) is -0.429. The third-order valence-electron chi connectivity index (χ3n) is 6.13. The quantitative estimate of drug-likeness (QED) is 0.455. The zero-order valence-electron chi connectivity index (χ0n) is 24.7. The van der Waals surface area contributed by atoms with Crippen molar-refractivity contribution in [1.82, 2.24) is 15.2 Å². The van der Waals surface area contributed by atoms with Crippen molar-refractivity contribution in [3.63, 3.8) is 0 Å². The van der Waals surface area contributed by atoms with Crippen LogP contribution in [-0.4, -0.2) is 70.7 Å². The highest BCUT2D eigenvalue weighted by Gasteiger charge is 2.31. The van der Waals surface area contributed by atoms with Crippen LogP contribution in [0, 0.1) is 11.3 Å². The maximum absolute atomic E-state index is 13.7. The molecule has 3 rings (SSSR count). The molecule has 0 radical (unpaired) electrons. The van der Waals surface area contributed by atoms with Crippen molar-refractivity contribution < 1.29 is 28.6 Å². The molecule has 1 saturated heterocycles. The van der Waals surface area contributed by atoms with Crippen molar-refractivity contribution in [2.24, 2.45) is 0 Å². The van der Waals surface area contributed by atoms with Crippen LogP contribution in [0.25, 0.3) is 0 Å². The molecule has 10 nitrogen and oxygen atoms in total. The van der Waals surface area contributed by atoms with E-state index in [0.29, 0.717) is 37.2 Å². The number of aromatic nitrogens is 1. The first kappa shape index (κ1) is 31.6. The number of ether oxygens (including phenoxy) is 3. The molecule has 0 aliphatic carbocycles. The van der Waals surface area contributed by atoms with Crippen LogP contribution in [0.15, 0.2) is 42.6 Å². The maximum atomic E-state index is 13.7. The Labute approximate surface area is 242 Å². The van der Waals surface area contributed by atoms with Crippen LogP contribution < -0.4 is 10.1 Å². The van der Waals surface area contributed by atoms with Crippen LogP contribution in [0.5, 0.6) is 5.75 Å².